The summed E-state index contributed by atoms with van der Waals surface area (Å²) >= 11 is 1.84. The van der Waals surface area contributed by atoms with Crippen LogP contribution in [-0.2, 0) is 11.4 Å². The lowest BCUT2D eigenvalue weighted by Crippen LogP contribution is -2.04. The highest BCUT2D eigenvalue weighted by atomic mass is 79.9. The third kappa shape index (κ3) is 3.04. The minimum atomic E-state index is -1.33. The molecule has 1 heterocycles. The third-order valence-electron chi connectivity index (χ3n) is 1.46. The first-order chi connectivity index (χ1) is 6.50. The summed E-state index contributed by atoms with van der Waals surface area (Å²) in [6.45, 7) is 1.59. The maximum atomic E-state index is 13.2. The van der Waals surface area contributed by atoms with E-state index < -0.39 is 17.3 Å². The Hall–Kier alpha value is -0.460. The van der Waals surface area contributed by atoms with E-state index in [0.717, 1.165) is 0 Å². The SMILES string of the molecule is C/C(=N/[S@@+](C)[O-])c1cc(Br)cnc1F. The van der Waals surface area contributed by atoms with Gasteiger partial charge in [0.2, 0.25) is 5.95 Å². The lowest BCUT2D eigenvalue weighted by molar-refractivity contribution is 0.580. The molecule has 1 atom stereocenters. The van der Waals surface area contributed by atoms with Crippen LogP contribution >= 0.6 is 15.9 Å². The van der Waals surface area contributed by atoms with Crippen molar-refractivity contribution in [2.75, 3.05) is 6.26 Å². The summed E-state index contributed by atoms with van der Waals surface area (Å²) in [4.78, 5) is 3.51. The van der Waals surface area contributed by atoms with Gasteiger partial charge in [0.15, 0.2) is 0 Å². The Morgan fingerprint density at radius 3 is 2.93 bits per heavy atom. The largest absolute Gasteiger partial charge is 0.591 e. The van der Waals surface area contributed by atoms with Gasteiger partial charge < -0.3 is 4.55 Å². The lowest BCUT2D eigenvalue weighted by Gasteiger charge is -2.02. The standard InChI is InChI=1S/C8H8BrFN2OS/c1-5(12-14(2)13)7-3-6(9)4-11-8(7)10/h3-4H,1-2H3/b12-5-/t14-/m1/s1. The van der Waals surface area contributed by atoms with Crippen LogP contribution in [-0.4, -0.2) is 21.5 Å². The number of nitrogens with zero attached hydrogens (tertiary/aromatic N) is 2. The van der Waals surface area contributed by atoms with Crippen LogP contribution in [0, 0.1) is 5.95 Å². The Labute approximate surface area is 92.9 Å². The predicted molar refractivity (Wildman–Crippen MR) is 58.2 cm³/mol. The number of pyridine rings is 1. The fourth-order valence-corrected chi connectivity index (χ4v) is 1.73. The monoisotopic (exact) mass is 278 g/mol. The van der Waals surface area contributed by atoms with Gasteiger partial charge in [-0.3, -0.25) is 0 Å². The molecule has 76 valence electrons. The molecule has 14 heavy (non-hydrogen) atoms. The molecule has 6 heteroatoms. The van der Waals surface area contributed by atoms with Crippen LogP contribution in [0.25, 0.3) is 0 Å². The molecule has 0 aliphatic carbocycles. The van der Waals surface area contributed by atoms with Gasteiger partial charge in [-0.15, -0.1) is 0 Å². The van der Waals surface area contributed by atoms with Crippen molar-refractivity contribution in [3.05, 3.63) is 28.2 Å². The van der Waals surface area contributed by atoms with Gasteiger partial charge in [-0.05, 0) is 28.9 Å². The molecule has 0 saturated carbocycles. The smallest absolute Gasteiger partial charge is 0.222 e. The molecule has 0 spiro atoms. The van der Waals surface area contributed by atoms with Crippen LogP contribution in [0.5, 0.6) is 0 Å². The molecule has 0 amide bonds. The summed E-state index contributed by atoms with van der Waals surface area (Å²) in [7, 11) is 0. The van der Waals surface area contributed by atoms with Crippen molar-refractivity contribution in [1.29, 1.82) is 0 Å². The molecule has 0 N–H and O–H groups in total. The average molecular weight is 279 g/mol. The van der Waals surface area contributed by atoms with Gasteiger partial charge in [0.25, 0.3) is 0 Å². The molecule has 0 aliphatic heterocycles. The van der Waals surface area contributed by atoms with Crippen LogP contribution in [0.15, 0.2) is 21.1 Å². The van der Waals surface area contributed by atoms with Crippen molar-refractivity contribution >= 4 is 33.0 Å². The van der Waals surface area contributed by atoms with Crippen LogP contribution in [0.4, 0.5) is 4.39 Å². The van der Waals surface area contributed by atoms with E-state index in [-0.39, 0.29) is 5.56 Å². The Balaban J connectivity index is 3.12. The number of rotatable bonds is 2. The highest BCUT2D eigenvalue weighted by Gasteiger charge is 2.09. The minimum Gasteiger partial charge on any atom is -0.591 e. The zero-order chi connectivity index (χ0) is 10.7. The van der Waals surface area contributed by atoms with Crippen molar-refractivity contribution in [2.45, 2.75) is 6.92 Å². The second-order valence-corrected chi connectivity index (χ2v) is 4.54. The number of halogens is 2. The Bertz CT molecular complexity index is 370. The first kappa shape index (κ1) is 11.6. The van der Waals surface area contributed by atoms with Gasteiger partial charge in [0.05, 0.1) is 16.9 Å². The number of hydrogen-bond acceptors (Lipinski definition) is 3. The Kier molecular flexibility index (Phi) is 4.03. The predicted octanol–water partition coefficient (Wildman–Crippen LogP) is 2.09. The van der Waals surface area contributed by atoms with Crippen LogP contribution in [0.1, 0.15) is 12.5 Å². The van der Waals surface area contributed by atoms with E-state index >= 15 is 0 Å². The second-order valence-electron chi connectivity index (χ2n) is 2.59. The van der Waals surface area contributed by atoms with Crippen LogP contribution in [0.2, 0.25) is 0 Å². The number of aromatic nitrogens is 1. The summed E-state index contributed by atoms with van der Waals surface area (Å²) < 4.78 is 28.3. The zero-order valence-corrected chi connectivity index (χ0v) is 10.0. The maximum Gasteiger partial charge on any atom is 0.222 e. The van der Waals surface area contributed by atoms with Gasteiger partial charge in [0, 0.05) is 10.7 Å². The summed E-state index contributed by atoms with van der Waals surface area (Å²) in [6, 6.07) is 1.55. The van der Waals surface area contributed by atoms with Crippen molar-refractivity contribution in [3.8, 4) is 0 Å². The summed E-state index contributed by atoms with van der Waals surface area (Å²) in [5.74, 6) is -0.611. The van der Waals surface area contributed by atoms with E-state index in [1.165, 1.54) is 12.5 Å². The van der Waals surface area contributed by atoms with Gasteiger partial charge >= 0.3 is 0 Å². The molecule has 1 aromatic rings. The molecule has 1 aromatic heterocycles. The molecule has 0 aromatic carbocycles. The molecule has 0 saturated heterocycles. The normalized spacial score (nSPS) is 14.2. The topological polar surface area (TPSA) is 48.3 Å². The molecular formula is C8H8BrFN2OS. The Morgan fingerprint density at radius 1 is 1.71 bits per heavy atom. The van der Waals surface area contributed by atoms with Gasteiger partial charge in [-0.2, -0.15) is 4.39 Å². The highest BCUT2D eigenvalue weighted by Crippen LogP contribution is 2.14. The highest BCUT2D eigenvalue weighted by molar-refractivity contribution is 9.10. The quantitative estimate of drug-likeness (QED) is 0.473. The van der Waals surface area contributed by atoms with E-state index in [9.17, 15) is 8.94 Å². The number of hydrogen-bond donors (Lipinski definition) is 0. The minimum absolute atomic E-state index is 0.259. The Morgan fingerprint density at radius 2 is 2.36 bits per heavy atom. The van der Waals surface area contributed by atoms with Gasteiger partial charge in [-0.25, -0.2) is 4.98 Å². The molecular weight excluding hydrogens is 271 g/mol. The first-order valence-electron chi connectivity index (χ1n) is 3.71. The van der Waals surface area contributed by atoms with E-state index in [0.29, 0.717) is 10.2 Å². The fourth-order valence-electron chi connectivity index (χ4n) is 0.918. The second kappa shape index (κ2) is 4.86. The summed E-state index contributed by atoms with van der Waals surface area (Å²) in [6.07, 6.45) is 2.78. The van der Waals surface area contributed by atoms with Crippen LogP contribution < -0.4 is 0 Å². The van der Waals surface area contributed by atoms with Crippen molar-refractivity contribution in [2.24, 2.45) is 4.40 Å². The van der Waals surface area contributed by atoms with Crippen LogP contribution in [0.3, 0.4) is 0 Å². The zero-order valence-electron chi connectivity index (χ0n) is 7.62. The average Bonchev–Trinajstić information content (AvgIpc) is 2.08. The van der Waals surface area contributed by atoms with Crippen molar-refractivity contribution in [3.63, 3.8) is 0 Å². The molecule has 0 bridgehead atoms. The van der Waals surface area contributed by atoms with E-state index in [4.69, 9.17) is 0 Å². The van der Waals surface area contributed by atoms with E-state index in [1.54, 1.807) is 13.0 Å². The first-order valence-corrected chi connectivity index (χ1v) is 6.01. The maximum absolute atomic E-state index is 13.2. The summed E-state index contributed by atoms with van der Waals surface area (Å²) in [5, 5.41) is 0. The van der Waals surface area contributed by atoms with Gasteiger partial charge in [0.1, 0.15) is 12.0 Å². The summed E-state index contributed by atoms with van der Waals surface area (Å²) in [5.41, 5.74) is 0.631. The molecule has 1 rings (SSSR count). The van der Waals surface area contributed by atoms with Crippen molar-refractivity contribution in [1.82, 2.24) is 4.98 Å². The molecule has 0 fully saturated rings. The molecule has 0 aliphatic rings. The van der Waals surface area contributed by atoms with E-state index in [2.05, 4.69) is 25.3 Å². The lowest BCUT2D eigenvalue weighted by atomic mass is 10.2. The molecule has 3 nitrogen and oxygen atoms in total. The third-order valence-corrected chi connectivity index (χ3v) is 2.43. The fraction of sp³-hybridized carbons (Fsp3) is 0.250. The van der Waals surface area contributed by atoms with Crippen molar-refractivity contribution < 1.29 is 8.94 Å². The molecule has 0 radical (unpaired) electrons. The van der Waals surface area contributed by atoms with E-state index in [1.807, 2.05) is 0 Å². The molecule has 0 unspecified atom stereocenters. The van der Waals surface area contributed by atoms with Gasteiger partial charge in [-0.1, -0.05) is 4.40 Å².